The van der Waals surface area contributed by atoms with E-state index in [1.165, 1.54) is 19.3 Å². The number of hydrogen-bond donors (Lipinski definition) is 3. The summed E-state index contributed by atoms with van der Waals surface area (Å²) in [6.45, 7) is 3.39. The standard InChI is InChI=1S/C15H26N2O3/c1-2-14(5-3-6-14)10-16-13(20)17-11-15(7-4-8-15)9-12(18)19/h2-11H2,1H3,(H,18,19)(H2,16,17,20). The Morgan fingerprint density at radius 2 is 1.50 bits per heavy atom. The lowest BCUT2D eigenvalue weighted by molar-refractivity contribution is -0.141. The average Bonchev–Trinajstić information content (AvgIpc) is 2.31. The highest BCUT2D eigenvalue weighted by Gasteiger charge is 2.39. The maximum absolute atomic E-state index is 11.8. The Morgan fingerprint density at radius 1 is 1.00 bits per heavy atom. The number of carboxylic acid groups (broad SMARTS) is 1. The molecular formula is C15H26N2O3. The molecule has 0 saturated heterocycles. The van der Waals surface area contributed by atoms with Crippen LogP contribution in [0.1, 0.15) is 58.3 Å². The number of carbonyl (C=O) groups is 2. The van der Waals surface area contributed by atoms with Crippen molar-refractivity contribution in [3.05, 3.63) is 0 Å². The van der Waals surface area contributed by atoms with Gasteiger partial charge in [0.05, 0.1) is 6.42 Å². The molecule has 0 atom stereocenters. The second kappa shape index (κ2) is 6.02. The number of nitrogens with one attached hydrogen (secondary N) is 2. The number of carboxylic acids is 1. The van der Waals surface area contributed by atoms with Crippen molar-refractivity contribution in [2.45, 2.75) is 58.3 Å². The van der Waals surface area contributed by atoms with Crippen molar-refractivity contribution in [2.75, 3.05) is 13.1 Å². The van der Waals surface area contributed by atoms with Gasteiger partial charge in [0.25, 0.3) is 0 Å². The van der Waals surface area contributed by atoms with E-state index >= 15 is 0 Å². The van der Waals surface area contributed by atoms with Gasteiger partial charge in [0.2, 0.25) is 0 Å². The number of carbonyl (C=O) groups excluding carboxylic acids is 1. The van der Waals surface area contributed by atoms with E-state index in [9.17, 15) is 9.59 Å². The first-order valence-electron chi connectivity index (χ1n) is 7.73. The molecule has 0 unspecified atom stereocenters. The number of urea groups is 1. The molecule has 2 aliphatic rings. The van der Waals surface area contributed by atoms with Gasteiger partial charge >= 0.3 is 12.0 Å². The number of hydrogen-bond acceptors (Lipinski definition) is 2. The van der Waals surface area contributed by atoms with E-state index in [2.05, 4.69) is 17.6 Å². The van der Waals surface area contributed by atoms with Gasteiger partial charge in [-0.2, -0.15) is 0 Å². The predicted molar refractivity (Wildman–Crippen MR) is 76.5 cm³/mol. The quantitative estimate of drug-likeness (QED) is 0.671. The molecule has 0 aliphatic heterocycles. The summed E-state index contributed by atoms with van der Waals surface area (Å²) >= 11 is 0. The predicted octanol–water partition coefficient (Wildman–Crippen LogP) is 2.51. The summed E-state index contributed by atoms with van der Waals surface area (Å²) in [4.78, 5) is 22.7. The Kier molecular flexibility index (Phi) is 4.55. The zero-order chi connectivity index (χ0) is 14.6. The molecule has 2 rings (SSSR count). The third-order valence-corrected chi connectivity index (χ3v) is 5.35. The van der Waals surface area contributed by atoms with Crippen molar-refractivity contribution in [1.29, 1.82) is 0 Å². The van der Waals surface area contributed by atoms with E-state index in [1.54, 1.807) is 0 Å². The van der Waals surface area contributed by atoms with Crippen molar-refractivity contribution >= 4 is 12.0 Å². The van der Waals surface area contributed by atoms with Crippen LogP contribution in [0, 0.1) is 10.8 Å². The summed E-state index contributed by atoms with van der Waals surface area (Å²) in [5.41, 5.74) is 0.106. The lowest BCUT2D eigenvalue weighted by atomic mass is 9.66. The Labute approximate surface area is 120 Å². The molecule has 0 radical (unpaired) electrons. The Hall–Kier alpha value is -1.26. The van der Waals surface area contributed by atoms with Crippen molar-refractivity contribution in [2.24, 2.45) is 10.8 Å². The highest BCUT2D eigenvalue weighted by molar-refractivity contribution is 5.74. The molecule has 5 nitrogen and oxygen atoms in total. The van der Waals surface area contributed by atoms with Gasteiger partial charge in [0.15, 0.2) is 0 Å². The monoisotopic (exact) mass is 282 g/mol. The van der Waals surface area contributed by atoms with E-state index in [4.69, 9.17) is 5.11 Å². The summed E-state index contributed by atoms with van der Waals surface area (Å²) < 4.78 is 0. The molecule has 20 heavy (non-hydrogen) atoms. The maximum Gasteiger partial charge on any atom is 0.314 e. The fourth-order valence-electron chi connectivity index (χ4n) is 3.34. The molecular weight excluding hydrogens is 256 g/mol. The first-order valence-corrected chi connectivity index (χ1v) is 7.73. The van der Waals surface area contributed by atoms with E-state index in [0.29, 0.717) is 12.0 Å². The summed E-state index contributed by atoms with van der Waals surface area (Å²) in [6.07, 6.45) is 7.80. The summed E-state index contributed by atoms with van der Waals surface area (Å²) in [5, 5.41) is 14.7. The molecule has 2 amide bonds. The fraction of sp³-hybridized carbons (Fsp3) is 0.867. The molecule has 2 fully saturated rings. The van der Waals surface area contributed by atoms with Crippen LogP contribution in [0.15, 0.2) is 0 Å². The lowest BCUT2D eigenvalue weighted by Crippen LogP contribution is -2.49. The van der Waals surface area contributed by atoms with Crippen LogP contribution in [0.2, 0.25) is 0 Å². The number of rotatable bonds is 7. The smallest absolute Gasteiger partial charge is 0.314 e. The Bertz CT molecular complexity index is 368. The summed E-state index contributed by atoms with van der Waals surface area (Å²) in [6, 6.07) is -0.151. The SMILES string of the molecule is CCC1(CNC(=O)NCC2(CC(=O)O)CCC2)CCC1. The van der Waals surface area contributed by atoms with E-state index in [-0.39, 0.29) is 17.9 Å². The van der Waals surface area contributed by atoms with Crippen LogP contribution < -0.4 is 10.6 Å². The minimum absolute atomic E-state index is 0.151. The zero-order valence-electron chi connectivity index (χ0n) is 12.3. The minimum Gasteiger partial charge on any atom is -0.481 e. The van der Waals surface area contributed by atoms with Crippen LogP contribution in [-0.4, -0.2) is 30.2 Å². The molecule has 0 aromatic rings. The van der Waals surface area contributed by atoms with Crippen molar-refractivity contribution in [1.82, 2.24) is 10.6 Å². The van der Waals surface area contributed by atoms with Crippen molar-refractivity contribution < 1.29 is 14.7 Å². The van der Waals surface area contributed by atoms with Crippen LogP contribution in [-0.2, 0) is 4.79 Å². The Balaban J connectivity index is 1.70. The van der Waals surface area contributed by atoms with E-state index in [1.807, 2.05) is 0 Å². The van der Waals surface area contributed by atoms with Gasteiger partial charge in [-0.25, -0.2) is 4.79 Å². The topological polar surface area (TPSA) is 78.4 Å². The number of aliphatic carboxylic acids is 1. The fourth-order valence-corrected chi connectivity index (χ4v) is 3.34. The molecule has 0 aromatic carbocycles. The van der Waals surface area contributed by atoms with Gasteiger partial charge in [-0.05, 0) is 42.9 Å². The van der Waals surface area contributed by atoms with Gasteiger partial charge in [-0.1, -0.05) is 19.8 Å². The van der Waals surface area contributed by atoms with Gasteiger partial charge in [0.1, 0.15) is 0 Å². The van der Waals surface area contributed by atoms with Crippen LogP contribution in [0.3, 0.4) is 0 Å². The van der Waals surface area contributed by atoms with Crippen LogP contribution in [0.5, 0.6) is 0 Å². The molecule has 2 saturated carbocycles. The van der Waals surface area contributed by atoms with Gasteiger partial charge in [-0.15, -0.1) is 0 Å². The van der Waals surface area contributed by atoms with Gasteiger partial charge in [-0.3, -0.25) is 4.79 Å². The molecule has 0 aromatic heterocycles. The second-order valence-corrected chi connectivity index (χ2v) is 6.67. The molecule has 0 spiro atoms. The van der Waals surface area contributed by atoms with E-state index < -0.39 is 5.97 Å². The Morgan fingerprint density at radius 3 is 1.85 bits per heavy atom. The first kappa shape index (κ1) is 15.1. The van der Waals surface area contributed by atoms with Crippen LogP contribution in [0.25, 0.3) is 0 Å². The molecule has 3 N–H and O–H groups in total. The maximum atomic E-state index is 11.8. The van der Waals surface area contributed by atoms with Crippen molar-refractivity contribution in [3.8, 4) is 0 Å². The lowest BCUT2D eigenvalue weighted by Gasteiger charge is -2.42. The van der Waals surface area contributed by atoms with Crippen LogP contribution in [0.4, 0.5) is 4.79 Å². The third-order valence-electron chi connectivity index (χ3n) is 5.35. The molecule has 5 heteroatoms. The van der Waals surface area contributed by atoms with Gasteiger partial charge < -0.3 is 15.7 Å². The first-order chi connectivity index (χ1) is 9.49. The molecule has 0 heterocycles. The van der Waals surface area contributed by atoms with Gasteiger partial charge in [0, 0.05) is 13.1 Å². The summed E-state index contributed by atoms with van der Waals surface area (Å²) in [5.74, 6) is -0.772. The molecule has 0 bridgehead atoms. The third kappa shape index (κ3) is 3.44. The van der Waals surface area contributed by atoms with E-state index in [0.717, 1.165) is 32.2 Å². The summed E-state index contributed by atoms with van der Waals surface area (Å²) in [7, 11) is 0. The highest BCUT2D eigenvalue weighted by atomic mass is 16.4. The normalized spacial score (nSPS) is 22.2. The second-order valence-electron chi connectivity index (χ2n) is 6.67. The zero-order valence-corrected chi connectivity index (χ0v) is 12.3. The highest BCUT2D eigenvalue weighted by Crippen LogP contribution is 2.44. The average molecular weight is 282 g/mol. The molecule has 114 valence electrons. The number of amides is 2. The van der Waals surface area contributed by atoms with Crippen molar-refractivity contribution in [3.63, 3.8) is 0 Å². The largest absolute Gasteiger partial charge is 0.481 e. The van der Waals surface area contributed by atoms with Crippen LogP contribution >= 0.6 is 0 Å². The molecule has 2 aliphatic carbocycles. The minimum atomic E-state index is -0.772.